The average Bonchev–Trinajstić information content (AvgIpc) is 2.86. The van der Waals surface area contributed by atoms with E-state index in [4.69, 9.17) is 16.3 Å². The molecule has 0 atom stereocenters. The van der Waals surface area contributed by atoms with Crippen LogP contribution in [0.4, 0.5) is 15.8 Å². The van der Waals surface area contributed by atoms with Crippen molar-refractivity contribution < 1.29 is 22.3 Å². The van der Waals surface area contributed by atoms with Crippen LogP contribution >= 0.6 is 11.6 Å². The maximum absolute atomic E-state index is 14.1. The first-order valence-corrected chi connectivity index (χ1v) is 13.7. The van der Waals surface area contributed by atoms with Gasteiger partial charge in [-0.15, -0.1) is 0 Å². The third kappa shape index (κ3) is 6.47. The van der Waals surface area contributed by atoms with Crippen LogP contribution in [-0.2, 0) is 21.4 Å². The summed E-state index contributed by atoms with van der Waals surface area (Å²) in [5.41, 5.74) is 1.67. The number of benzene rings is 3. The lowest BCUT2D eigenvalue weighted by Gasteiger charge is -2.36. The Morgan fingerprint density at radius 1 is 1.00 bits per heavy atom. The predicted octanol–water partition coefficient (Wildman–Crippen LogP) is 4.17. The quantitative estimate of drug-likeness (QED) is 0.436. The van der Waals surface area contributed by atoms with Gasteiger partial charge in [-0.25, -0.2) is 12.8 Å². The van der Waals surface area contributed by atoms with E-state index in [9.17, 15) is 17.6 Å². The summed E-state index contributed by atoms with van der Waals surface area (Å²) in [6.07, 6.45) is 1.07. The van der Waals surface area contributed by atoms with Gasteiger partial charge in [0.15, 0.2) is 6.61 Å². The Labute approximate surface area is 215 Å². The first-order valence-electron chi connectivity index (χ1n) is 11.4. The summed E-state index contributed by atoms with van der Waals surface area (Å²) in [6, 6.07) is 20.0. The molecule has 1 saturated heterocycles. The lowest BCUT2D eigenvalue weighted by atomic mass is 10.2. The van der Waals surface area contributed by atoms with Gasteiger partial charge >= 0.3 is 0 Å². The number of amides is 1. The molecule has 190 valence electrons. The lowest BCUT2D eigenvalue weighted by Crippen LogP contribution is -2.50. The minimum Gasteiger partial charge on any atom is -0.484 e. The zero-order chi connectivity index (χ0) is 25.7. The summed E-state index contributed by atoms with van der Waals surface area (Å²) in [7, 11) is -3.66. The molecule has 1 heterocycles. The Morgan fingerprint density at radius 2 is 1.69 bits per heavy atom. The van der Waals surface area contributed by atoms with Crippen LogP contribution in [0.25, 0.3) is 0 Å². The standard InChI is InChI=1S/C26H27ClFN3O4S/c1-36(33,34)31(18-20-5-2-3-8-25(20)28)22-9-11-24(12-10-22)35-19-26(32)30-15-13-29(14-16-30)23-7-4-6-21(27)17-23/h2-12,17H,13-16,18-19H2,1H3. The van der Waals surface area contributed by atoms with Crippen molar-refractivity contribution in [2.24, 2.45) is 0 Å². The highest BCUT2D eigenvalue weighted by molar-refractivity contribution is 7.92. The summed E-state index contributed by atoms with van der Waals surface area (Å²) < 4.78 is 45.6. The predicted molar refractivity (Wildman–Crippen MR) is 140 cm³/mol. The molecule has 0 bridgehead atoms. The van der Waals surface area contributed by atoms with Crippen LogP contribution in [0, 0.1) is 5.82 Å². The van der Waals surface area contributed by atoms with Crippen LogP contribution in [0.1, 0.15) is 5.56 Å². The van der Waals surface area contributed by atoms with E-state index in [0.29, 0.717) is 42.6 Å². The Balaban J connectivity index is 1.33. The fourth-order valence-electron chi connectivity index (χ4n) is 4.01. The number of halogens is 2. The number of sulfonamides is 1. The second-order valence-corrected chi connectivity index (χ2v) is 10.8. The minimum absolute atomic E-state index is 0.123. The van der Waals surface area contributed by atoms with Gasteiger partial charge in [-0.3, -0.25) is 9.10 Å². The molecule has 36 heavy (non-hydrogen) atoms. The molecule has 7 nitrogen and oxygen atoms in total. The summed E-state index contributed by atoms with van der Waals surface area (Å²) in [5, 5.41) is 0.678. The SMILES string of the molecule is CS(=O)(=O)N(Cc1ccccc1F)c1ccc(OCC(=O)N2CCN(c3cccc(Cl)c3)CC2)cc1. The molecule has 4 rings (SSSR count). The van der Waals surface area contributed by atoms with Crippen LogP contribution in [0.2, 0.25) is 5.02 Å². The maximum Gasteiger partial charge on any atom is 0.260 e. The number of hydrogen-bond donors (Lipinski definition) is 0. The molecular formula is C26H27ClFN3O4S. The van der Waals surface area contributed by atoms with Crippen molar-refractivity contribution in [1.29, 1.82) is 0 Å². The average molecular weight is 532 g/mol. The highest BCUT2D eigenvalue weighted by Crippen LogP contribution is 2.25. The van der Waals surface area contributed by atoms with Crippen molar-refractivity contribution in [3.63, 3.8) is 0 Å². The molecule has 1 aliphatic rings. The van der Waals surface area contributed by atoms with Crippen LogP contribution < -0.4 is 13.9 Å². The van der Waals surface area contributed by atoms with Crippen LogP contribution in [-0.4, -0.2) is 58.3 Å². The molecule has 10 heteroatoms. The van der Waals surface area contributed by atoms with E-state index >= 15 is 0 Å². The van der Waals surface area contributed by atoms with Gasteiger partial charge in [-0.05, 0) is 48.5 Å². The summed E-state index contributed by atoms with van der Waals surface area (Å²) >= 11 is 6.08. The summed E-state index contributed by atoms with van der Waals surface area (Å²) in [4.78, 5) is 16.6. The van der Waals surface area contributed by atoms with Crippen molar-refractivity contribution in [3.8, 4) is 5.75 Å². The fraction of sp³-hybridized carbons (Fsp3) is 0.269. The van der Waals surface area contributed by atoms with Crippen molar-refractivity contribution in [2.45, 2.75) is 6.54 Å². The van der Waals surface area contributed by atoms with Gasteiger partial charge < -0.3 is 14.5 Å². The monoisotopic (exact) mass is 531 g/mol. The summed E-state index contributed by atoms with van der Waals surface area (Å²) in [6.45, 7) is 2.29. The number of carbonyl (C=O) groups is 1. The van der Waals surface area contributed by atoms with Crippen molar-refractivity contribution in [3.05, 3.63) is 89.2 Å². The summed E-state index contributed by atoms with van der Waals surface area (Å²) in [5.74, 6) is -0.163. The molecule has 0 N–H and O–H groups in total. The van der Waals surface area contributed by atoms with Gasteiger partial charge in [0.2, 0.25) is 10.0 Å². The Morgan fingerprint density at radius 3 is 2.33 bits per heavy atom. The van der Waals surface area contributed by atoms with Gasteiger partial charge in [-0.1, -0.05) is 35.9 Å². The molecule has 3 aromatic rings. The molecule has 0 unspecified atom stereocenters. The molecule has 0 aliphatic carbocycles. The van der Waals surface area contributed by atoms with Gasteiger partial charge in [0.1, 0.15) is 11.6 Å². The van der Waals surface area contributed by atoms with E-state index in [2.05, 4.69) is 4.90 Å². The zero-order valence-corrected chi connectivity index (χ0v) is 21.4. The third-order valence-electron chi connectivity index (χ3n) is 5.96. The minimum atomic E-state index is -3.66. The third-order valence-corrected chi connectivity index (χ3v) is 7.34. The van der Waals surface area contributed by atoms with E-state index in [1.165, 1.54) is 6.07 Å². The Bertz CT molecular complexity index is 1310. The van der Waals surface area contributed by atoms with Crippen molar-refractivity contribution in [2.75, 3.05) is 48.2 Å². The lowest BCUT2D eigenvalue weighted by molar-refractivity contribution is -0.133. The normalized spacial score (nSPS) is 14.0. The molecule has 0 saturated carbocycles. The second kappa shape index (κ2) is 11.2. The molecule has 0 spiro atoms. The van der Waals surface area contributed by atoms with E-state index in [1.807, 2.05) is 24.3 Å². The van der Waals surface area contributed by atoms with Gasteiger partial charge in [0.05, 0.1) is 18.5 Å². The van der Waals surface area contributed by atoms with Gasteiger partial charge in [0, 0.05) is 42.5 Å². The Kier molecular flexibility index (Phi) is 8.01. The first-order chi connectivity index (χ1) is 17.2. The topological polar surface area (TPSA) is 70.2 Å². The smallest absolute Gasteiger partial charge is 0.260 e. The molecule has 1 fully saturated rings. The van der Waals surface area contributed by atoms with E-state index < -0.39 is 15.8 Å². The van der Waals surface area contributed by atoms with Gasteiger partial charge in [-0.2, -0.15) is 0 Å². The van der Waals surface area contributed by atoms with Crippen LogP contribution in [0.5, 0.6) is 5.75 Å². The number of anilines is 2. The molecular weight excluding hydrogens is 505 g/mol. The number of nitrogens with zero attached hydrogens (tertiary/aromatic N) is 3. The highest BCUT2D eigenvalue weighted by atomic mass is 35.5. The highest BCUT2D eigenvalue weighted by Gasteiger charge is 2.22. The van der Waals surface area contributed by atoms with Crippen LogP contribution in [0.15, 0.2) is 72.8 Å². The first kappa shape index (κ1) is 25.8. The maximum atomic E-state index is 14.1. The molecule has 0 radical (unpaired) electrons. The molecule has 3 aromatic carbocycles. The number of carbonyl (C=O) groups excluding carboxylic acids is 1. The number of hydrogen-bond acceptors (Lipinski definition) is 5. The van der Waals surface area contributed by atoms with Crippen molar-refractivity contribution >= 4 is 38.9 Å². The second-order valence-electron chi connectivity index (χ2n) is 8.49. The molecule has 1 amide bonds. The van der Waals surface area contributed by atoms with E-state index in [0.717, 1.165) is 16.2 Å². The number of ether oxygens (including phenoxy) is 1. The number of piperazine rings is 1. The molecule has 1 aliphatic heterocycles. The van der Waals surface area contributed by atoms with Gasteiger partial charge in [0.25, 0.3) is 5.91 Å². The number of rotatable bonds is 8. The largest absolute Gasteiger partial charge is 0.484 e. The van der Waals surface area contributed by atoms with Crippen molar-refractivity contribution in [1.82, 2.24) is 4.90 Å². The molecule has 0 aromatic heterocycles. The zero-order valence-electron chi connectivity index (χ0n) is 19.8. The van der Waals surface area contributed by atoms with Crippen LogP contribution in [0.3, 0.4) is 0 Å². The fourth-order valence-corrected chi connectivity index (χ4v) is 5.08. The van der Waals surface area contributed by atoms with E-state index in [1.54, 1.807) is 47.4 Å². The van der Waals surface area contributed by atoms with E-state index in [-0.39, 0.29) is 24.6 Å². The Hall–Kier alpha value is -3.30.